The molecular weight excluding hydrogens is 202 g/mol. The lowest BCUT2D eigenvalue weighted by Crippen LogP contribution is -1.87. The van der Waals surface area contributed by atoms with E-state index >= 15 is 0 Å². The lowest BCUT2D eigenvalue weighted by molar-refractivity contribution is 0.397. The summed E-state index contributed by atoms with van der Waals surface area (Å²) in [5.41, 5.74) is 0.797. The maximum Gasteiger partial charge on any atom is 0.314 e. The average molecular weight is 209 g/mol. The summed E-state index contributed by atoms with van der Waals surface area (Å²) in [6, 6.07) is 3.55. The van der Waals surface area contributed by atoms with Crippen molar-refractivity contribution in [3.05, 3.63) is 23.2 Å². The van der Waals surface area contributed by atoms with E-state index in [1.807, 2.05) is 6.07 Å². The highest BCUT2D eigenvalue weighted by Crippen LogP contribution is 2.15. The lowest BCUT2D eigenvalue weighted by Gasteiger charge is -1.98. The van der Waals surface area contributed by atoms with Crippen molar-refractivity contribution in [3.63, 3.8) is 0 Å². The Bertz CT molecular complexity index is 474. The van der Waals surface area contributed by atoms with Crippen LogP contribution >= 0.6 is 12.2 Å². The van der Waals surface area contributed by atoms with Gasteiger partial charge in [-0.2, -0.15) is 4.98 Å². The lowest BCUT2D eigenvalue weighted by atomic mass is 10.3. The Balaban J connectivity index is 2.38. The third-order valence-corrected chi connectivity index (χ3v) is 1.83. The van der Waals surface area contributed by atoms with Crippen molar-refractivity contribution in [1.29, 1.82) is 0 Å². The predicted octanol–water partition coefficient (Wildman–Crippen LogP) is 1.80. The molecule has 0 aliphatic carbocycles. The van der Waals surface area contributed by atoms with Crippen molar-refractivity contribution >= 4 is 12.2 Å². The first kappa shape index (κ1) is 8.89. The van der Waals surface area contributed by atoms with E-state index in [1.54, 1.807) is 19.4 Å². The average Bonchev–Trinajstić information content (AvgIpc) is 2.65. The second-order valence-electron chi connectivity index (χ2n) is 2.52. The van der Waals surface area contributed by atoms with Crippen LogP contribution in [0.15, 0.2) is 22.9 Å². The second kappa shape index (κ2) is 3.59. The highest BCUT2D eigenvalue weighted by atomic mass is 32.1. The molecule has 0 unspecified atom stereocenters. The minimum absolute atomic E-state index is 0.177. The predicted molar refractivity (Wildman–Crippen MR) is 51.5 cm³/mol. The van der Waals surface area contributed by atoms with Gasteiger partial charge in [-0.05, 0) is 18.3 Å². The maximum absolute atomic E-state index is 4.92. The molecule has 0 fully saturated rings. The highest BCUT2D eigenvalue weighted by Gasteiger charge is 2.02. The SMILES string of the molecule is COc1ccc(-c2nc(=S)o[nH]2)cn1. The summed E-state index contributed by atoms with van der Waals surface area (Å²) in [5.74, 6) is 1.11. The number of ether oxygens (including phenoxy) is 1. The Morgan fingerprint density at radius 1 is 1.50 bits per heavy atom. The second-order valence-corrected chi connectivity index (χ2v) is 2.87. The monoisotopic (exact) mass is 209 g/mol. The fraction of sp³-hybridized carbons (Fsp3) is 0.125. The van der Waals surface area contributed by atoms with E-state index in [9.17, 15) is 0 Å². The molecule has 0 amide bonds. The van der Waals surface area contributed by atoms with Crippen molar-refractivity contribution in [1.82, 2.24) is 15.1 Å². The molecule has 0 saturated carbocycles. The van der Waals surface area contributed by atoms with Crippen molar-refractivity contribution in [2.24, 2.45) is 0 Å². The van der Waals surface area contributed by atoms with E-state index in [2.05, 4.69) is 15.1 Å². The molecule has 0 spiro atoms. The Morgan fingerprint density at radius 2 is 2.36 bits per heavy atom. The molecule has 0 bridgehead atoms. The van der Waals surface area contributed by atoms with E-state index in [-0.39, 0.29) is 4.84 Å². The van der Waals surface area contributed by atoms with Gasteiger partial charge < -0.3 is 9.26 Å². The summed E-state index contributed by atoms with van der Waals surface area (Å²) >= 11 is 4.73. The molecule has 2 aromatic rings. The van der Waals surface area contributed by atoms with Crippen LogP contribution < -0.4 is 4.74 Å². The van der Waals surface area contributed by atoms with E-state index in [1.165, 1.54) is 0 Å². The third kappa shape index (κ3) is 1.64. The van der Waals surface area contributed by atoms with Crippen LogP contribution in [0.1, 0.15) is 0 Å². The van der Waals surface area contributed by atoms with Gasteiger partial charge in [0.1, 0.15) is 0 Å². The van der Waals surface area contributed by atoms with Crippen LogP contribution in [0, 0.1) is 4.84 Å². The third-order valence-electron chi connectivity index (χ3n) is 1.66. The molecule has 5 nitrogen and oxygen atoms in total. The molecule has 2 heterocycles. The van der Waals surface area contributed by atoms with Gasteiger partial charge in [0.2, 0.25) is 5.88 Å². The van der Waals surface area contributed by atoms with Gasteiger partial charge in [0.25, 0.3) is 0 Å². The van der Waals surface area contributed by atoms with E-state index in [0.29, 0.717) is 11.7 Å². The first-order chi connectivity index (χ1) is 6.79. The summed E-state index contributed by atoms with van der Waals surface area (Å²) in [7, 11) is 1.56. The Labute approximate surface area is 84.7 Å². The van der Waals surface area contributed by atoms with Crippen molar-refractivity contribution < 1.29 is 9.26 Å². The number of nitrogens with one attached hydrogen (secondary N) is 1. The van der Waals surface area contributed by atoms with Crippen molar-refractivity contribution in [3.8, 4) is 17.3 Å². The Kier molecular flexibility index (Phi) is 2.28. The summed E-state index contributed by atoms with van der Waals surface area (Å²) in [6.07, 6.45) is 1.63. The number of aromatic amines is 1. The molecule has 14 heavy (non-hydrogen) atoms. The van der Waals surface area contributed by atoms with Gasteiger partial charge in [0.15, 0.2) is 5.82 Å². The number of H-pyrrole nitrogens is 1. The number of pyridine rings is 1. The van der Waals surface area contributed by atoms with Gasteiger partial charge >= 0.3 is 4.84 Å². The number of aromatic nitrogens is 3. The zero-order chi connectivity index (χ0) is 9.97. The molecule has 0 atom stereocenters. The van der Waals surface area contributed by atoms with E-state index < -0.39 is 0 Å². The molecule has 72 valence electrons. The number of nitrogens with zero attached hydrogens (tertiary/aromatic N) is 2. The summed E-state index contributed by atoms with van der Waals surface area (Å²) in [4.78, 5) is 8.15. The van der Waals surface area contributed by atoms with Gasteiger partial charge in [-0.25, -0.2) is 10.1 Å². The Hall–Kier alpha value is -1.69. The van der Waals surface area contributed by atoms with Crippen molar-refractivity contribution in [2.45, 2.75) is 0 Å². The van der Waals surface area contributed by atoms with E-state index in [4.69, 9.17) is 21.5 Å². The standard InChI is InChI=1S/C8H7N3O2S/c1-12-6-3-2-5(4-9-6)7-10-8(14)13-11-7/h2-4H,1H3,(H,10,11,14). The number of hydrogen-bond acceptors (Lipinski definition) is 5. The molecule has 2 rings (SSSR count). The fourth-order valence-corrected chi connectivity index (χ4v) is 1.13. The minimum Gasteiger partial charge on any atom is -0.481 e. The summed E-state index contributed by atoms with van der Waals surface area (Å²) < 4.78 is 9.72. The van der Waals surface area contributed by atoms with Crippen LogP contribution in [-0.4, -0.2) is 22.2 Å². The topological polar surface area (TPSA) is 63.9 Å². The highest BCUT2D eigenvalue weighted by molar-refractivity contribution is 7.71. The van der Waals surface area contributed by atoms with E-state index in [0.717, 1.165) is 5.56 Å². The smallest absolute Gasteiger partial charge is 0.314 e. The first-order valence-electron chi connectivity index (χ1n) is 3.85. The van der Waals surface area contributed by atoms with Gasteiger partial charge in [0, 0.05) is 17.8 Å². The van der Waals surface area contributed by atoms with Crippen LogP contribution in [0.5, 0.6) is 5.88 Å². The summed E-state index contributed by atoms with van der Waals surface area (Å²) in [6.45, 7) is 0. The first-order valence-corrected chi connectivity index (χ1v) is 4.26. The molecular formula is C8H7N3O2S. The Morgan fingerprint density at radius 3 is 2.86 bits per heavy atom. The molecule has 0 aliphatic heterocycles. The van der Waals surface area contributed by atoms with Crippen molar-refractivity contribution in [2.75, 3.05) is 7.11 Å². The van der Waals surface area contributed by atoms with Crippen LogP contribution in [0.25, 0.3) is 11.4 Å². The zero-order valence-corrected chi connectivity index (χ0v) is 8.17. The largest absolute Gasteiger partial charge is 0.481 e. The normalized spacial score (nSPS) is 10.1. The molecule has 1 N–H and O–H groups in total. The number of hydrogen-bond donors (Lipinski definition) is 1. The quantitative estimate of drug-likeness (QED) is 0.764. The van der Waals surface area contributed by atoms with Gasteiger partial charge in [0.05, 0.1) is 7.11 Å². The van der Waals surface area contributed by atoms with Gasteiger partial charge in [-0.3, -0.25) is 0 Å². The molecule has 0 radical (unpaired) electrons. The van der Waals surface area contributed by atoms with Gasteiger partial charge in [-0.1, -0.05) is 0 Å². The zero-order valence-electron chi connectivity index (χ0n) is 7.35. The van der Waals surface area contributed by atoms with Gasteiger partial charge in [-0.15, -0.1) is 0 Å². The number of rotatable bonds is 2. The van der Waals surface area contributed by atoms with Crippen LogP contribution in [0.4, 0.5) is 0 Å². The molecule has 0 saturated heterocycles. The number of methoxy groups -OCH3 is 1. The van der Waals surface area contributed by atoms with Crippen LogP contribution in [0.2, 0.25) is 0 Å². The summed E-state index contributed by atoms with van der Waals surface area (Å²) in [5, 5.41) is 2.59. The minimum atomic E-state index is 0.177. The molecule has 0 aromatic carbocycles. The fourth-order valence-electron chi connectivity index (χ4n) is 0.994. The molecule has 2 aromatic heterocycles. The van der Waals surface area contributed by atoms with Crippen LogP contribution in [0.3, 0.4) is 0 Å². The molecule has 0 aliphatic rings. The maximum atomic E-state index is 4.92. The molecule has 6 heteroatoms. The van der Waals surface area contributed by atoms with Crippen LogP contribution in [-0.2, 0) is 0 Å².